The van der Waals surface area contributed by atoms with E-state index in [1.165, 1.54) is 50.1 Å². The molecule has 1 heteroatoms. The minimum Gasteiger partial charge on any atom is -0.355 e. The number of hydrogen-bond donors (Lipinski definition) is 1. The van der Waals surface area contributed by atoms with E-state index >= 15 is 0 Å². The third kappa shape index (κ3) is 8.11. The molecule has 5 rings (SSSR count). The molecule has 5 aromatic carbocycles. The summed E-state index contributed by atoms with van der Waals surface area (Å²) in [6.07, 6.45) is 10.1. The van der Waals surface area contributed by atoms with E-state index in [0.29, 0.717) is 5.92 Å². The van der Waals surface area contributed by atoms with Gasteiger partial charge in [0.1, 0.15) is 0 Å². The van der Waals surface area contributed by atoms with Crippen molar-refractivity contribution in [1.82, 2.24) is 0 Å². The van der Waals surface area contributed by atoms with Gasteiger partial charge >= 0.3 is 0 Å². The topological polar surface area (TPSA) is 12.0 Å². The van der Waals surface area contributed by atoms with E-state index in [2.05, 4.69) is 155 Å². The molecular formula is C45H45N. The fourth-order valence-corrected chi connectivity index (χ4v) is 5.88. The Hall–Kier alpha value is -5.14. The van der Waals surface area contributed by atoms with E-state index in [0.717, 1.165) is 35.4 Å². The summed E-state index contributed by atoms with van der Waals surface area (Å²) in [6.45, 7) is 17.2. The number of benzene rings is 5. The first-order chi connectivity index (χ1) is 22.3. The van der Waals surface area contributed by atoms with Crippen molar-refractivity contribution in [1.29, 1.82) is 0 Å². The zero-order chi connectivity index (χ0) is 32.5. The summed E-state index contributed by atoms with van der Waals surface area (Å²) in [4.78, 5) is 0. The van der Waals surface area contributed by atoms with Gasteiger partial charge in [0, 0.05) is 16.9 Å². The maximum atomic E-state index is 4.40. The number of allylic oxidation sites excluding steroid dienone is 6. The highest BCUT2D eigenvalue weighted by molar-refractivity contribution is 5.83. The lowest BCUT2D eigenvalue weighted by Gasteiger charge is -2.16. The number of aryl methyl sites for hydroxylation is 2. The summed E-state index contributed by atoms with van der Waals surface area (Å²) in [7, 11) is 0. The zero-order valence-corrected chi connectivity index (χ0v) is 27.7. The fraction of sp³-hybridized carbons (Fsp3) is 0.156. The second-order valence-corrected chi connectivity index (χ2v) is 12.2. The van der Waals surface area contributed by atoms with Crippen LogP contribution < -0.4 is 5.32 Å². The highest BCUT2D eigenvalue weighted by atomic mass is 14.9. The Bertz CT molecular complexity index is 1870. The van der Waals surface area contributed by atoms with Crippen LogP contribution in [0.1, 0.15) is 60.4 Å². The molecule has 0 aromatic heterocycles. The second kappa shape index (κ2) is 15.2. The van der Waals surface area contributed by atoms with E-state index in [9.17, 15) is 0 Å². The van der Waals surface area contributed by atoms with Gasteiger partial charge < -0.3 is 5.32 Å². The highest BCUT2D eigenvalue weighted by Crippen LogP contribution is 2.35. The molecule has 0 saturated heterocycles. The van der Waals surface area contributed by atoms with Crippen LogP contribution >= 0.6 is 0 Å². The predicted octanol–water partition coefficient (Wildman–Crippen LogP) is 13.1. The summed E-state index contributed by atoms with van der Waals surface area (Å²) in [5.41, 5.74) is 15.5. The molecule has 0 saturated carbocycles. The van der Waals surface area contributed by atoms with Crippen LogP contribution in [0.5, 0.6) is 0 Å². The smallest absolute Gasteiger partial charge is 0.0464 e. The molecule has 5 aromatic rings. The van der Waals surface area contributed by atoms with Gasteiger partial charge in [0.05, 0.1) is 0 Å². The summed E-state index contributed by atoms with van der Waals surface area (Å²) in [6, 6.07) is 41.5. The normalized spacial score (nSPS) is 12.0. The van der Waals surface area contributed by atoms with Crippen LogP contribution in [0.15, 0.2) is 153 Å². The lowest BCUT2D eigenvalue weighted by molar-refractivity contribution is 0.697. The van der Waals surface area contributed by atoms with Crippen molar-refractivity contribution in [3.05, 3.63) is 181 Å². The molecule has 0 heterocycles. The first-order valence-electron chi connectivity index (χ1n) is 16.2. The van der Waals surface area contributed by atoms with Crippen molar-refractivity contribution in [2.24, 2.45) is 0 Å². The van der Waals surface area contributed by atoms with Gasteiger partial charge in [0.2, 0.25) is 0 Å². The average Bonchev–Trinajstić information content (AvgIpc) is 3.07. The van der Waals surface area contributed by atoms with Crippen LogP contribution in [0.4, 0.5) is 11.4 Å². The molecule has 0 aliphatic heterocycles. The zero-order valence-electron chi connectivity index (χ0n) is 27.7. The van der Waals surface area contributed by atoms with Crippen molar-refractivity contribution in [2.75, 3.05) is 5.32 Å². The summed E-state index contributed by atoms with van der Waals surface area (Å²) in [5, 5.41) is 3.72. The first-order valence-corrected chi connectivity index (χ1v) is 16.2. The van der Waals surface area contributed by atoms with Crippen LogP contribution in [-0.2, 0) is 0 Å². The monoisotopic (exact) mass is 599 g/mol. The lowest BCUT2D eigenvalue weighted by atomic mass is 9.91. The number of nitrogens with one attached hydrogen (secondary N) is 1. The van der Waals surface area contributed by atoms with E-state index < -0.39 is 0 Å². The van der Waals surface area contributed by atoms with Crippen LogP contribution in [0.25, 0.3) is 33.4 Å². The summed E-state index contributed by atoms with van der Waals surface area (Å²) in [5.74, 6) is 0.439. The van der Waals surface area contributed by atoms with Gasteiger partial charge in [-0.3, -0.25) is 0 Å². The van der Waals surface area contributed by atoms with Crippen LogP contribution in [-0.4, -0.2) is 0 Å². The molecular weight excluding hydrogens is 555 g/mol. The van der Waals surface area contributed by atoms with Crippen molar-refractivity contribution >= 4 is 22.5 Å². The number of rotatable bonds is 12. The molecule has 1 atom stereocenters. The van der Waals surface area contributed by atoms with Crippen LogP contribution in [0.3, 0.4) is 0 Å². The van der Waals surface area contributed by atoms with Crippen LogP contribution in [0.2, 0.25) is 0 Å². The lowest BCUT2D eigenvalue weighted by Crippen LogP contribution is -1.96. The molecule has 0 radical (unpaired) electrons. The SMILES string of the molecule is C=C(/C=C\C=C/C)c1ccc(C(=C)CCC(C)c2ccc(-c3cc(C)cc(Nc4ccccc4-c4ccccc4C)c3)cc2)cc1. The first kappa shape index (κ1) is 32.3. The van der Waals surface area contributed by atoms with Crippen molar-refractivity contribution < 1.29 is 0 Å². The minimum atomic E-state index is 0.439. The molecule has 0 spiro atoms. The summed E-state index contributed by atoms with van der Waals surface area (Å²) >= 11 is 0. The minimum absolute atomic E-state index is 0.439. The highest BCUT2D eigenvalue weighted by Gasteiger charge is 2.11. The Morgan fingerprint density at radius 1 is 0.717 bits per heavy atom. The standard InChI is InChI=1S/C45H45N/c1-7-8-9-14-33(3)37-21-23-38(24-22-37)34(4)19-20-35(5)39-25-27-40(28-26-39)41-29-32(2)30-42(31-41)46-45-18-13-12-17-44(45)43-16-11-10-15-36(43)6/h7-18,21-31,35,46H,3-4,19-20H2,1-2,5-6H3/b8-7-,14-9-. The van der Waals surface area contributed by atoms with Gasteiger partial charge in [0.15, 0.2) is 0 Å². The van der Waals surface area contributed by atoms with E-state index in [4.69, 9.17) is 0 Å². The predicted molar refractivity (Wildman–Crippen MR) is 203 cm³/mol. The molecule has 1 unspecified atom stereocenters. The number of para-hydroxylation sites is 1. The van der Waals surface area contributed by atoms with Crippen molar-refractivity contribution in [3.8, 4) is 22.3 Å². The van der Waals surface area contributed by atoms with Gasteiger partial charge in [-0.05, 0) is 113 Å². The molecule has 0 fully saturated rings. The quantitative estimate of drug-likeness (QED) is 0.141. The molecule has 230 valence electrons. The maximum Gasteiger partial charge on any atom is 0.0464 e. The van der Waals surface area contributed by atoms with Crippen LogP contribution in [0, 0.1) is 13.8 Å². The Balaban J connectivity index is 1.23. The molecule has 0 aliphatic rings. The Morgan fingerprint density at radius 2 is 1.39 bits per heavy atom. The second-order valence-electron chi connectivity index (χ2n) is 12.2. The summed E-state index contributed by atoms with van der Waals surface area (Å²) < 4.78 is 0. The molecule has 0 bridgehead atoms. The van der Waals surface area contributed by atoms with Gasteiger partial charge in [0.25, 0.3) is 0 Å². The Morgan fingerprint density at radius 3 is 2.11 bits per heavy atom. The maximum absolute atomic E-state index is 4.40. The van der Waals surface area contributed by atoms with Crippen molar-refractivity contribution in [2.45, 2.75) is 46.5 Å². The Labute approximate surface area is 276 Å². The fourth-order valence-electron chi connectivity index (χ4n) is 5.88. The van der Waals surface area contributed by atoms with E-state index in [1.807, 2.05) is 31.2 Å². The number of hydrogen-bond acceptors (Lipinski definition) is 1. The molecule has 0 aliphatic carbocycles. The molecule has 46 heavy (non-hydrogen) atoms. The van der Waals surface area contributed by atoms with Gasteiger partial charge in [-0.2, -0.15) is 0 Å². The number of anilines is 2. The largest absolute Gasteiger partial charge is 0.355 e. The van der Waals surface area contributed by atoms with E-state index in [1.54, 1.807) is 0 Å². The van der Waals surface area contributed by atoms with Gasteiger partial charge in [-0.25, -0.2) is 0 Å². The van der Waals surface area contributed by atoms with Gasteiger partial charge in [-0.1, -0.05) is 141 Å². The Kier molecular flexibility index (Phi) is 10.7. The molecule has 0 amide bonds. The molecule has 1 N–H and O–H groups in total. The third-order valence-corrected chi connectivity index (χ3v) is 8.68. The van der Waals surface area contributed by atoms with Gasteiger partial charge in [-0.15, -0.1) is 0 Å². The molecule has 1 nitrogen and oxygen atoms in total. The van der Waals surface area contributed by atoms with Crippen molar-refractivity contribution in [3.63, 3.8) is 0 Å². The average molecular weight is 600 g/mol. The third-order valence-electron chi connectivity index (χ3n) is 8.68. The van der Waals surface area contributed by atoms with E-state index in [-0.39, 0.29) is 0 Å².